The van der Waals surface area contributed by atoms with Crippen molar-refractivity contribution in [1.29, 1.82) is 0 Å². The topological polar surface area (TPSA) is 63.8 Å². The molecule has 6 heteroatoms. The van der Waals surface area contributed by atoms with E-state index in [1.54, 1.807) is 0 Å². The summed E-state index contributed by atoms with van der Waals surface area (Å²) in [6.45, 7) is 1.85. The van der Waals surface area contributed by atoms with Gasteiger partial charge in [0.2, 0.25) is 5.28 Å². The maximum atomic E-state index is 6.00. The van der Waals surface area contributed by atoms with Gasteiger partial charge in [0.15, 0.2) is 5.82 Å². The van der Waals surface area contributed by atoms with Crippen LogP contribution in [-0.4, -0.2) is 27.5 Å². The molecule has 0 radical (unpaired) electrons. The molecule has 4 nitrogen and oxygen atoms in total. The molecule has 0 bridgehead atoms. The van der Waals surface area contributed by atoms with Gasteiger partial charge in [-0.3, -0.25) is 0 Å². The minimum atomic E-state index is 0.251. The number of halogens is 1. The van der Waals surface area contributed by atoms with Crippen molar-refractivity contribution in [3.05, 3.63) is 11.0 Å². The lowest BCUT2D eigenvalue weighted by atomic mass is 9.95. The summed E-state index contributed by atoms with van der Waals surface area (Å²) in [6, 6.07) is 0.418. The van der Waals surface area contributed by atoms with Gasteiger partial charge in [-0.1, -0.05) is 12.8 Å². The fourth-order valence-electron chi connectivity index (χ4n) is 2.38. The molecule has 18 heavy (non-hydrogen) atoms. The van der Waals surface area contributed by atoms with Crippen molar-refractivity contribution in [2.75, 3.05) is 17.3 Å². The second kappa shape index (κ2) is 5.97. The summed E-state index contributed by atoms with van der Waals surface area (Å²) in [5.41, 5.74) is 7.33. The zero-order valence-electron chi connectivity index (χ0n) is 10.7. The van der Waals surface area contributed by atoms with Gasteiger partial charge >= 0.3 is 0 Å². The van der Waals surface area contributed by atoms with Crippen LogP contribution >= 0.6 is 23.4 Å². The molecular formula is C12H19ClN4S. The van der Waals surface area contributed by atoms with Crippen LogP contribution in [0, 0.1) is 6.92 Å². The van der Waals surface area contributed by atoms with Crippen LogP contribution in [0.1, 0.15) is 31.4 Å². The Kier molecular flexibility index (Phi) is 4.56. The Labute approximate surface area is 117 Å². The van der Waals surface area contributed by atoms with E-state index >= 15 is 0 Å². The normalized spacial score (nSPS) is 23.9. The molecule has 2 unspecified atom stereocenters. The van der Waals surface area contributed by atoms with Gasteiger partial charge in [0.25, 0.3) is 0 Å². The highest BCUT2D eigenvalue weighted by atomic mass is 35.5. The lowest BCUT2D eigenvalue weighted by Crippen LogP contribution is -2.35. The van der Waals surface area contributed by atoms with Gasteiger partial charge in [-0.2, -0.15) is 16.7 Å². The SMILES string of the molecule is CSC1CCCCC1Nc1nc(Cl)nc(C)c1N. The van der Waals surface area contributed by atoms with Crippen molar-refractivity contribution in [3.8, 4) is 0 Å². The monoisotopic (exact) mass is 286 g/mol. The standard InChI is InChI=1S/C12H19ClN4S/c1-7-10(14)11(17-12(13)15-7)16-8-5-3-4-6-9(8)18-2/h8-9H,3-6,14H2,1-2H3,(H,15,16,17). The van der Waals surface area contributed by atoms with E-state index in [-0.39, 0.29) is 5.28 Å². The number of nitrogens with zero attached hydrogens (tertiary/aromatic N) is 2. The Balaban J connectivity index is 2.17. The summed E-state index contributed by atoms with van der Waals surface area (Å²) in [5, 5.41) is 4.32. The Morgan fingerprint density at radius 3 is 2.78 bits per heavy atom. The summed E-state index contributed by atoms with van der Waals surface area (Å²) in [4.78, 5) is 8.26. The van der Waals surface area contributed by atoms with E-state index in [1.165, 1.54) is 19.3 Å². The second-order valence-corrected chi connectivity index (χ2v) is 6.06. The molecule has 1 aliphatic rings. The van der Waals surface area contributed by atoms with E-state index in [0.717, 1.165) is 12.1 Å². The molecule has 2 rings (SSSR count). The summed E-state index contributed by atoms with van der Waals surface area (Å²) >= 11 is 7.79. The maximum Gasteiger partial charge on any atom is 0.224 e. The van der Waals surface area contributed by atoms with Gasteiger partial charge in [-0.25, -0.2) is 4.98 Å². The zero-order chi connectivity index (χ0) is 13.1. The molecule has 0 aliphatic heterocycles. The van der Waals surface area contributed by atoms with E-state index in [0.29, 0.717) is 22.8 Å². The number of anilines is 2. The van der Waals surface area contributed by atoms with E-state index in [1.807, 2.05) is 18.7 Å². The molecule has 1 aliphatic carbocycles. The van der Waals surface area contributed by atoms with E-state index < -0.39 is 0 Å². The largest absolute Gasteiger partial charge is 0.394 e. The molecule has 2 atom stereocenters. The Morgan fingerprint density at radius 2 is 2.06 bits per heavy atom. The van der Waals surface area contributed by atoms with Gasteiger partial charge in [0, 0.05) is 11.3 Å². The van der Waals surface area contributed by atoms with Gasteiger partial charge < -0.3 is 11.1 Å². The predicted molar refractivity (Wildman–Crippen MR) is 79.4 cm³/mol. The third-order valence-corrected chi connectivity index (χ3v) is 4.78. The van der Waals surface area contributed by atoms with E-state index in [2.05, 4.69) is 21.5 Å². The van der Waals surface area contributed by atoms with Crippen molar-refractivity contribution in [2.45, 2.75) is 43.9 Å². The first-order chi connectivity index (χ1) is 8.61. The van der Waals surface area contributed by atoms with Gasteiger partial charge in [-0.15, -0.1) is 0 Å². The third kappa shape index (κ3) is 3.01. The fraction of sp³-hybridized carbons (Fsp3) is 0.667. The summed E-state index contributed by atoms with van der Waals surface area (Å²) in [7, 11) is 0. The number of thioether (sulfide) groups is 1. The van der Waals surface area contributed by atoms with Crippen LogP contribution in [0.25, 0.3) is 0 Å². The summed E-state index contributed by atoms with van der Waals surface area (Å²) in [5.74, 6) is 0.679. The highest BCUT2D eigenvalue weighted by Gasteiger charge is 2.25. The number of nitrogens with two attached hydrogens (primary N) is 1. The molecule has 0 saturated heterocycles. The van der Waals surface area contributed by atoms with Crippen molar-refractivity contribution >= 4 is 34.9 Å². The summed E-state index contributed by atoms with van der Waals surface area (Å²) in [6.07, 6.45) is 7.13. The number of hydrogen-bond acceptors (Lipinski definition) is 5. The second-order valence-electron chi connectivity index (χ2n) is 4.65. The molecular weight excluding hydrogens is 268 g/mol. The zero-order valence-corrected chi connectivity index (χ0v) is 12.3. The number of nitrogens with one attached hydrogen (secondary N) is 1. The van der Waals surface area contributed by atoms with Crippen molar-refractivity contribution in [3.63, 3.8) is 0 Å². The quantitative estimate of drug-likeness (QED) is 0.836. The van der Waals surface area contributed by atoms with Crippen molar-refractivity contribution in [1.82, 2.24) is 9.97 Å². The lowest BCUT2D eigenvalue weighted by molar-refractivity contribution is 0.474. The van der Waals surface area contributed by atoms with Crippen LogP contribution < -0.4 is 11.1 Å². The highest BCUT2D eigenvalue weighted by molar-refractivity contribution is 7.99. The minimum absolute atomic E-state index is 0.251. The average Bonchev–Trinajstić information content (AvgIpc) is 2.36. The molecule has 1 fully saturated rings. The molecule has 1 heterocycles. The molecule has 0 spiro atoms. The van der Waals surface area contributed by atoms with Crippen LogP contribution in [0.5, 0.6) is 0 Å². The predicted octanol–water partition coefficient (Wildman–Crippen LogP) is 3.11. The summed E-state index contributed by atoms with van der Waals surface area (Å²) < 4.78 is 0. The van der Waals surface area contributed by atoms with Crippen LogP contribution in [-0.2, 0) is 0 Å². The smallest absolute Gasteiger partial charge is 0.224 e. The molecule has 1 aromatic rings. The molecule has 0 amide bonds. The van der Waals surface area contributed by atoms with Gasteiger partial charge in [-0.05, 0) is 37.6 Å². The van der Waals surface area contributed by atoms with E-state index in [9.17, 15) is 0 Å². The third-order valence-electron chi connectivity index (χ3n) is 3.44. The van der Waals surface area contributed by atoms with E-state index in [4.69, 9.17) is 17.3 Å². The highest BCUT2D eigenvalue weighted by Crippen LogP contribution is 2.31. The van der Waals surface area contributed by atoms with Gasteiger partial charge in [0.1, 0.15) is 0 Å². The Bertz CT molecular complexity index is 427. The Hall–Kier alpha value is -0.680. The number of hydrogen-bond donors (Lipinski definition) is 2. The van der Waals surface area contributed by atoms with Crippen molar-refractivity contribution in [2.24, 2.45) is 0 Å². The minimum Gasteiger partial charge on any atom is -0.394 e. The molecule has 1 saturated carbocycles. The first-order valence-corrected chi connectivity index (χ1v) is 7.87. The lowest BCUT2D eigenvalue weighted by Gasteiger charge is -2.31. The van der Waals surface area contributed by atoms with Gasteiger partial charge in [0.05, 0.1) is 11.4 Å². The average molecular weight is 287 g/mol. The molecule has 1 aromatic heterocycles. The Morgan fingerprint density at radius 1 is 1.33 bits per heavy atom. The number of rotatable bonds is 3. The number of aromatic nitrogens is 2. The van der Waals surface area contributed by atoms with Crippen LogP contribution in [0.3, 0.4) is 0 Å². The van der Waals surface area contributed by atoms with Crippen LogP contribution in [0.4, 0.5) is 11.5 Å². The van der Waals surface area contributed by atoms with Crippen molar-refractivity contribution < 1.29 is 0 Å². The van der Waals surface area contributed by atoms with Crippen LogP contribution in [0.2, 0.25) is 5.28 Å². The first kappa shape index (κ1) is 13.7. The molecule has 3 N–H and O–H groups in total. The number of nitrogen functional groups attached to an aromatic ring is 1. The maximum absolute atomic E-state index is 6.00. The molecule has 0 aromatic carbocycles. The first-order valence-electron chi connectivity index (χ1n) is 6.20. The number of aryl methyl sites for hydroxylation is 1. The molecule has 100 valence electrons. The van der Waals surface area contributed by atoms with Crippen LogP contribution in [0.15, 0.2) is 0 Å². The fourth-order valence-corrected chi connectivity index (χ4v) is 3.52.